The van der Waals surface area contributed by atoms with E-state index in [9.17, 15) is 0 Å². The SMILES string of the molecule is CCc1ccc(CNc2ccc(CC)c(C)c2)o1. The largest absolute Gasteiger partial charge is 0.464 e. The van der Waals surface area contributed by atoms with Crippen LogP contribution in [-0.4, -0.2) is 0 Å². The van der Waals surface area contributed by atoms with Crippen molar-refractivity contribution >= 4 is 5.69 Å². The summed E-state index contributed by atoms with van der Waals surface area (Å²) in [5.41, 5.74) is 3.90. The fourth-order valence-corrected chi connectivity index (χ4v) is 2.10. The van der Waals surface area contributed by atoms with E-state index in [1.54, 1.807) is 0 Å². The molecule has 1 aromatic heterocycles. The van der Waals surface area contributed by atoms with Gasteiger partial charge in [0.1, 0.15) is 11.5 Å². The fraction of sp³-hybridized carbons (Fsp3) is 0.375. The molecule has 0 aliphatic carbocycles. The molecule has 1 heterocycles. The van der Waals surface area contributed by atoms with Crippen LogP contribution in [0.15, 0.2) is 34.7 Å². The summed E-state index contributed by atoms with van der Waals surface area (Å²) >= 11 is 0. The summed E-state index contributed by atoms with van der Waals surface area (Å²) in [4.78, 5) is 0. The molecule has 0 saturated carbocycles. The minimum Gasteiger partial charge on any atom is -0.464 e. The van der Waals surface area contributed by atoms with E-state index < -0.39 is 0 Å². The van der Waals surface area contributed by atoms with E-state index in [0.29, 0.717) is 0 Å². The lowest BCUT2D eigenvalue weighted by Crippen LogP contribution is -1.99. The molecular formula is C16H21NO. The molecule has 0 atom stereocenters. The summed E-state index contributed by atoms with van der Waals surface area (Å²) in [5.74, 6) is 2.04. The molecule has 96 valence electrons. The zero-order chi connectivity index (χ0) is 13.0. The predicted molar refractivity (Wildman–Crippen MR) is 76.0 cm³/mol. The molecule has 0 bridgehead atoms. The van der Waals surface area contributed by atoms with Gasteiger partial charge >= 0.3 is 0 Å². The van der Waals surface area contributed by atoms with Crippen molar-refractivity contribution in [3.05, 3.63) is 53.0 Å². The molecule has 0 spiro atoms. The monoisotopic (exact) mass is 243 g/mol. The zero-order valence-electron chi connectivity index (χ0n) is 11.4. The molecular weight excluding hydrogens is 222 g/mol. The van der Waals surface area contributed by atoms with Gasteiger partial charge in [-0.15, -0.1) is 0 Å². The average molecular weight is 243 g/mol. The summed E-state index contributed by atoms with van der Waals surface area (Å²) in [5, 5.41) is 3.40. The minimum atomic E-state index is 0.741. The second-order valence-corrected chi connectivity index (χ2v) is 4.57. The van der Waals surface area contributed by atoms with Gasteiger partial charge in [0.05, 0.1) is 6.54 Å². The highest BCUT2D eigenvalue weighted by molar-refractivity contribution is 5.48. The summed E-state index contributed by atoms with van der Waals surface area (Å²) in [6.07, 6.45) is 2.04. The van der Waals surface area contributed by atoms with Crippen LogP contribution in [0.25, 0.3) is 0 Å². The number of hydrogen-bond acceptors (Lipinski definition) is 2. The van der Waals surface area contributed by atoms with Crippen molar-refractivity contribution in [1.82, 2.24) is 0 Å². The first-order valence-electron chi connectivity index (χ1n) is 6.64. The molecule has 2 rings (SSSR count). The van der Waals surface area contributed by atoms with Crippen LogP contribution in [-0.2, 0) is 19.4 Å². The lowest BCUT2D eigenvalue weighted by Gasteiger charge is -2.08. The van der Waals surface area contributed by atoms with Crippen LogP contribution in [0.2, 0.25) is 0 Å². The van der Waals surface area contributed by atoms with Crippen molar-refractivity contribution in [1.29, 1.82) is 0 Å². The van der Waals surface area contributed by atoms with Crippen molar-refractivity contribution in [2.45, 2.75) is 40.2 Å². The van der Waals surface area contributed by atoms with Crippen LogP contribution in [0.1, 0.15) is 36.5 Å². The first-order valence-corrected chi connectivity index (χ1v) is 6.64. The Bertz CT molecular complexity index is 514. The van der Waals surface area contributed by atoms with Gasteiger partial charge in [-0.3, -0.25) is 0 Å². The molecule has 2 nitrogen and oxygen atoms in total. The number of nitrogens with one attached hydrogen (secondary N) is 1. The Morgan fingerprint density at radius 1 is 1.00 bits per heavy atom. The van der Waals surface area contributed by atoms with Crippen LogP contribution in [0.4, 0.5) is 5.69 Å². The molecule has 2 heteroatoms. The van der Waals surface area contributed by atoms with Crippen LogP contribution in [0.5, 0.6) is 0 Å². The molecule has 0 fully saturated rings. The standard InChI is InChI=1S/C16H21NO/c1-4-13-6-7-14(10-12(13)3)17-11-16-9-8-15(5-2)18-16/h6-10,17H,4-5,11H2,1-3H3. The average Bonchev–Trinajstić information content (AvgIpc) is 2.84. The molecule has 0 aliphatic rings. The highest BCUT2D eigenvalue weighted by Crippen LogP contribution is 2.17. The van der Waals surface area contributed by atoms with E-state index in [0.717, 1.165) is 36.6 Å². The number of furan rings is 1. The van der Waals surface area contributed by atoms with Crippen molar-refractivity contribution in [2.75, 3.05) is 5.32 Å². The molecule has 0 radical (unpaired) electrons. The van der Waals surface area contributed by atoms with Crippen molar-refractivity contribution in [3.63, 3.8) is 0 Å². The Hall–Kier alpha value is -1.70. The highest BCUT2D eigenvalue weighted by atomic mass is 16.3. The Morgan fingerprint density at radius 3 is 2.39 bits per heavy atom. The van der Waals surface area contributed by atoms with Crippen LogP contribution < -0.4 is 5.32 Å². The van der Waals surface area contributed by atoms with Crippen LogP contribution >= 0.6 is 0 Å². The highest BCUT2D eigenvalue weighted by Gasteiger charge is 2.01. The van der Waals surface area contributed by atoms with E-state index in [-0.39, 0.29) is 0 Å². The van der Waals surface area contributed by atoms with Gasteiger partial charge in [-0.1, -0.05) is 19.9 Å². The zero-order valence-corrected chi connectivity index (χ0v) is 11.4. The van der Waals surface area contributed by atoms with Crippen molar-refractivity contribution in [2.24, 2.45) is 0 Å². The van der Waals surface area contributed by atoms with Gasteiger partial charge < -0.3 is 9.73 Å². The maximum Gasteiger partial charge on any atom is 0.123 e. The molecule has 2 aromatic rings. The summed E-state index contributed by atoms with van der Waals surface area (Å²) in [6.45, 7) is 7.18. The van der Waals surface area contributed by atoms with E-state index >= 15 is 0 Å². The molecule has 18 heavy (non-hydrogen) atoms. The van der Waals surface area contributed by atoms with E-state index in [1.807, 2.05) is 12.1 Å². The fourth-order valence-electron chi connectivity index (χ4n) is 2.10. The minimum absolute atomic E-state index is 0.741. The quantitative estimate of drug-likeness (QED) is 0.845. The van der Waals surface area contributed by atoms with Crippen molar-refractivity contribution in [3.8, 4) is 0 Å². The first kappa shape index (κ1) is 12.7. The molecule has 1 N–H and O–H groups in total. The van der Waals surface area contributed by atoms with Gasteiger partial charge in [0, 0.05) is 12.1 Å². The van der Waals surface area contributed by atoms with Gasteiger partial charge in [0.15, 0.2) is 0 Å². The number of hydrogen-bond donors (Lipinski definition) is 1. The van der Waals surface area contributed by atoms with E-state index in [2.05, 4.69) is 44.3 Å². The summed E-state index contributed by atoms with van der Waals surface area (Å²) in [6, 6.07) is 10.6. The number of rotatable bonds is 5. The van der Waals surface area contributed by atoms with Gasteiger partial charge in [0.25, 0.3) is 0 Å². The van der Waals surface area contributed by atoms with Gasteiger partial charge in [-0.05, 0) is 48.7 Å². The Balaban J connectivity index is 1.99. The third kappa shape index (κ3) is 2.95. The van der Waals surface area contributed by atoms with Crippen LogP contribution in [0.3, 0.4) is 0 Å². The smallest absolute Gasteiger partial charge is 0.123 e. The number of anilines is 1. The third-order valence-corrected chi connectivity index (χ3v) is 3.26. The third-order valence-electron chi connectivity index (χ3n) is 3.26. The maximum absolute atomic E-state index is 5.67. The molecule has 0 amide bonds. The topological polar surface area (TPSA) is 25.2 Å². The van der Waals surface area contributed by atoms with E-state index in [4.69, 9.17) is 4.42 Å². The lowest BCUT2D eigenvalue weighted by molar-refractivity contribution is 0.476. The second kappa shape index (κ2) is 5.76. The first-order chi connectivity index (χ1) is 8.72. The lowest BCUT2D eigenvalue weighted by atomic mass is 10.1. The second-order valence-electron chi connectivity index (χ2n) is 4.57. The van der Waals surface area contributed by atoms with E-state index in [1.165, 1.54) is 11.1 Å². The molecule has 0 unspecified atom stereocenters. The van der Waals surface area contributed by atoms with Crippen LogP contribution in [0, 0.1) is 6.92 Å². The Labute approximate surface area is 109 Å². The summed E-state index contributed by atoms with van der Waals surface area (Å²) < 4.78 is 5.67. The Kier molecular flexibility index (Phi) is 4.08. The number of benzene rings is 1. The summed E-state index contributed by atoms with van der Waals surface area (Å²) in [7, 11) is 0. The molecule has 0 aliphatic heterocycles. The van der Waals surface area contributed by atoms with Gasteiger partial charge in [-0.25, -0.2) is 0 Å². The van der Waals surface area contributed by atoms with Gasteiger partial charge in [-0.2, -0.15) is 0 Å². The number of aryl methyl sites for hydroxylation is 3. The Morgan fingerprint density at radius 2 is 1.78 bits per heavy atom. The normalized spacial score (nSPS) is 10.6. The molecule has 0 saturated heterocycles. The van der Waals surface area contributed by atoms with Crippen molar-refractivity contribution < 1.29 is 4.42 Å². The molecule has 1 aromatic carbocycles. The predicted octanol–water partition coefficient (Wildman–Crippen LogP) is 4.32. The van der Waals surface area contributed by atoms with Gasteiger partial charge in [0.2, 0.25) is 0 Å². The maximum atomic E-state index is 5.67.